The fourth-order valence-electron chi connectivity index (χ4n) is 4.14. The first-order valence-corrected chi connectivity index (χ1v) is 10.5. The van der Waals surface area contributed by atoms with Gasteiger partial charge in [-0.2, -0.15) is 5.26 Å². The SMILES string of the molecule is CC(C)(C)NC1CCN(c2c(C#N)c(Nc3ccccn3)nc3ccccc23)CC1. The molecular weight excluding hydrogens is 372 g/mol. The summed E-state index contributed by atoms with van der Waals surface area (Å²) in [5, 5.41) is 18.1. The van der Waals surface area contributed by atoms with E-state index in [4.69, 9.17) is 4.98 Å². The van der Waals surface area contributed by atoms with Crippen LogP contribution in [-0.4, -0.2) is 34.6 Å². The summed E-state index contributed by atoms with van der Waals surface area (Å²) in [5.74, 6) is 1.23. The summed E-state index contributed by atoms with van der Waals surface area (Å²) in [6.07, 6.45) is 3.81. The van der Waals surface area contributed by atoms with Crippen molar-refractivity contribution in [2.24, 2.45) is 0 Å². The molecule has 3 heterocycles. The van der Waals surface area contributed by atoms with Gasteiger partial charge < -0.3 is 15.5 Å². The van der Waals surface area contributed by atoms with Crippen molar-refractivity contribution in [3.05, 3.63) is 54.2 Å². The Bertz CT molecular complexity index is 1060. The van der Waals surface area contributed by atoms with E-state index in [0.29, 0.717) is 23.2 Å². The van der Waals surface area contributed by atoms with Crippen LogP contribution in [0.3, 0.4) is 0 Å². The second-order valence-corrected chi connectivity index (χ2v) is 8.81. The summed E-state index contributed by atoms with van der Waals surface area (Å²) in [7, 11) is 0. The molecule has 0 amide bonds. The Balaban J connectivity index is 1.71. The van der Waals surface area contributed by atoms with Crippen molar-refractivity contribution in [3.63, 3.8) is 0 Å². The standard InChI is InChI=1S/C24H28N6/c1-24(2,3)29-17-11-14-30(15-12-17)22-18-8-4-5-9-20(18)27-23(19(22)16-25)28-21-10-6-7-13-26-21/h4-10,13,17,29H,11-12,14-15H2,1-3H3,(H,26,27,28). The molecule has 2 aromatic heterocycles. The van der Waals surface area contributed by atoms with Crippen molar-refractivity contribution < 1.29 is 0 Å². The molecule has 0 aliphatic carbocycles. The van der Waals surface area contributed by atoms with Crippen molar-refractivity contribution in [2.45, 2.75) is 45.2 Å². The van der Waals surface area contributed by atoms with Gasteiger partial charge >= 0.3 is 0 Å². The molecule has 0 atom stereocenters. The van der Waals surface area contributed by atoms with E-state index >= 15 is 0 Å². The Morgan fingerprint density at radius 2 is 1.80 bits per heavy atom. The number of para-hydroxylation sites is 1. The van der Waals surface area contributed by atoms with E-state index in [2.05, 4.69) is 53.4 Å². The second-order valence-electron chi connectivity index (χ2n) is 8.81. The van der Waals surface area contributed by atoms with Crippen LogP contribution in [0, 0.1) is 11.3 Å². The number of nitrogens with zero attached hydrogens (tertiary/aromatic N) is 4. The zero-order valence-corrected chi connectivity index (χ0v) is 17.8. The number of aromatic nitrogens is 2. The fourth-order valence-corrected chi connectivity index (χ4v) is 4.14. The molecule has 1 saturated heterocycles. The molecular formula is C24H28N6. The lowest BCUT2D eigenvalue weighted by Crippen LogP contribution is -2.49. The van der Waals surface area contributed by atoms with Crippen LogP contribution in [0.25, 0.3) is 10.9 Å². The van der Waals surface area contributed by atoms with Gasteiger partial charge in [-0.25, -0.2) is 9.97 Å². The van der Waals surface area contributed by atoms with E-state index in [0.717, 1.165) is 42.5 Å². The highest BCUT2D eigenvalue weighted by atomic mass is 15.2. The smallest absolute Gasteiger partial charge is 0.152 e. The monoisotopic (exact) mass is 400 g/mol. The van der Waals surface area contributed by atoms with Crippen molar-refractivity contribution in [3.8, 4) is 6.07 Å². The third-order valence-corrected chi connectivity index (χ3v) is 5.34. The van der Waals surface area contributed by atoms with Crippen LogP contribution in [0.4, 0.5) is 17.3 Å². The first-order chi connectivity index (χ1) is 14.4. The molecule has 0 unspecified atom stereocenters. The molecule has 3 aromatic rings. The predicted molar refractivity (Wildman–Crippen MR) is 122 cm³/mol. The molecule has 1 aromatic carbocycles. The highest BCUT2D eigenvalue weighted by Crippen LogP contribution is 2.36. The number of pyridine rings is 2. The molecule has 2 N–H and O–H groups in total. The molecule has 1 fully saturated rings. The molecule has 1 aliphatic heterocycles. The molecule has 0 radical (unpaired) electrons. The van der Waals surface area contributed by atoms with Gasteiger partial charge in [0.1, 0.15) is 17.5 Å². The molecule has 6 nitrogen and oxygen atoms in total. The maximum absolute atomic E-state index is 10.1. The molecule has 0 saturated carbocycles. The minimum Gasteiger partial charge on any atom is -0.370 e. The van der Waals surface area contributed by atoms with E-state index in [1.54, 1.807) is 6.20 Å². The van der Waals surface area contributed by atoms with Crippen LogP contribution in [0.1, 0.15) is 39.2 Å². The zero-order chi connectivity index (χ0) is 21.1. The van der Waals surface area contributed by atoms with Crippen LogP contribution in [0.2, 0.25) is 0 Å². The molecule has 1 aliphatic rings. The van der Waals surface area contributed by atoms with E-state index in [9.17, 15) is 5.26 Å². The predicted octanol–water partition coefficient (Wildman–Crippen LogP) is 4.60. The number of nitrogens with one attached hydrogen (secondary N) is 2. The van der Waals surface area contributed by atoms with E-state index in [1.807, 2.05) is 36.4 Å². The molecule has 154 valence electrons. The number of benzene rings is 1. The normalized spacial score (nSPS) is 15.2. The first-order valence-electron chi connectivity index (χ1n) is 10.5. The summed E-state index contributed by atoms with van der Waals surface area (Å²) in [6.45, 7) is 8.43. The van der Waals surface area contributed by atoms with Gasteiger partial charge in [-0.1, -0.05) is 24.3 Å². The second kappa shape index (κ2) is 8.29. The summed E-state index contributed by atoms with van der Waals surface area (Å²) in [6, 6.07) is 16.6. The van der Waals surface area contributed by atoms with Gasteiger partial charge in [0.15, 0.2) is 5.82 Å². The maximum atomic E-state index is 10.1. The van der Waals surface area contributed by atoms with E-state index in [-0.39, 0.29) is 5.54 Å². The lowest BCUT2D eigenvalue weighted by atomic mass is 9.98. The van der Waals surface area contributed by atoms with E-state index < -0.39 is 0 Å². The van der Waals surface area contributed by atoms with Crippen LogP contribution < -0.4 is 15.5 Å². The number of fused-ring (bicyclic) bond motifs is 1. The van der Waals surface area contributed by atoms with Crippen molar-refractivity contribution in [1.82, 2.24) is 15.3 Å². The van der Waals surface area contributed by atoms with Gasteiger partial charge in [0.25, 0.3) is 0 Å². The van der Waals surface area contributed by atoms with Crippen molar-refractivity contribution in [2.75, 3.05) is 23.3 Å². The van der Waals surface area contributed by atoms with E-state index in [1.165, 1.54) is 0 Å². The van der Waals surface area contributed by atoms with Crippen molar-refractivity contribution in [1.29, 1.82) is 5.26 Å². The molecule has 30 heavy (non-hydrogen) atoms. The number of piperidine rings is 1. The Labute approximate surface area is 178 Å². The van der Waals surface area contributed by atoms with Crippen molar-refractivity contribution >= 4 is 28.2 Å². The van der Waals surface area contributed by atoms with Crippen LogP contribution in [0.5, 0.6) is 0 Å². The Kier molecular flexibility index (Phi) is 5.56. The molecule has 0 bridgehead atoms. The quantitative estimate of drug-likeness (QED) is 0.666. The van der Waals surface area contributed by atoms with Gasteiger partial charge in [0, 0.05) is 36.3 Å². The number of hydrogen-bond donors (Lipinski definition) is 2. The minimum atomic E-state index is 0.105. The van der Waals surface area contributed by atoms with Gasteiger partial charge in [-0.05, 0) is 51.8 Å². The minimum absolute atomic E-state index is 0.105. The molecule has 4 rings (SSSR count). The number of rotatable bonds is 4. The zero-order valence-electron chi connectivity index (χ0n) is 17.8. The van der Waals surface area contributed by atoms with Crippen LogP contribution in [-0.2, 0) is 0 Å². The molecule has 0 spiro atoms. The third kappa shape index (κ3) is 4.37. The summed E-state index contributed by atoms with van der Waals surface area (Å²) >= 11 is 0. The molecule has 6 heteroatoms. The Morgan fingerprint density at radius 1 is 1.07 bits per heavy atom. The average Bonchev–Trinajstić information content (AvgIpc) is 2.73. The van der Waals surface area contributed by atoms with Gasteiger partial charge in [-0.15, -0.1) is 0 Å². The first kappa shape index (κ1) is 20.1. The lowest BCUT2D eigenvalue weighted by molar-refractivity contribution is 0.317. The number of nitriles is 1. The fraction of sp³-hybridized carbons (Fsp3) is 0.375. The summed E-state index contributed by atoms with van der Waals surface area (Å²) in [5.41, 5.74) is 2.52. The summed E-state index contributed by atoms with van der Waals surface area (Å²) in [4.78, 5) is 11.4. The van der Waals surface area contributed by atoms with Gasteiger partial charge in [-0.3, -0.25) is 0 Å². The average molecular weight is 401 g/mol. The largest absolute Gasteiger partial charge is 0.370 e. The highest BCUT2D eigenvalue weighted by molar-refractivity contribution is 5.98. The van der Waals surface area contributed by atoms with Gasteiger partial charge in [0.05, 0.1) is 11.2 Å². The third-order valence-electron chi connectivity index (χ3n) is 5.34. The number of anilines is 3. The number of hydrogen-bond acceptors (Lipinski definition) is 6. The maximum Gasteiger partial charge on any atom is 0.152 e. The van der Waals surface area contributed by atoms with Crippen LogP contribution in [0.15, 0.2) is 48.7 Å². The Hall–Kier alpha value is -3.17. The topological polar surface area (TPSA) is 76.9 Å². The lowest BCUT2D eigenvalue weighted by Gasteiger charge is -2.38. The Morgan fingerprint density at radius 3 is 2.47 bits per heavy atom. The highest BCUT2D eigenvalue weighted by Gasteiger charge is 2.27. The van der Waals surface area contributed by atoms with Gasteiger partial charge in [0.2, 0.25) is 0 Å². The summed E-state index contributed by atoms with van der Waals surface area (Å²) < 4.78 is 0. The van der Waals surface area contributed by atoms with Crippen LogP contribution >= 0.6 is 0 Å².